The number of amides is 3. The molecule has 6 rings (SSSR count). The number of halogens is 2. The van der Waals surface area contributed by atoms with Crippen LogP contribution >= 0.6 is 23.2 Å². The average Bonchev–Trinajstić information content (AvgIpc) is 3.45. The highest BCUT2D eigenvalue weighted by atomic mass is 35.5. The molecule has 0 bridgehead atoms. The van der Waals surface area contributed by atoms with E-state index in [1.54, 1.807) is 18.2 Å². The van der Waals surface area contributed by atoms with Crippen LogP contribution in [0.4, 0.5) is 4.79 Å². The second kappa shape index (κ2) is 11.0. The molecular weight excluding hydrogens is 579 g/mol. The summed E-state index contributed by atoms with van der Waals surface area (Å²) in [6.07, 6.45) is -0.850. The van der Waals surface area contributed by atoms with Crippen LogP contribution in [-0.2, 0) is 14.4 Å². The number of likely N-dealkylation sites (N-methyl/N-ethyl adjacent to an activating group) is 1. The van der Waals surface area contributed by atoms with Crippen LogP contribution in [0.1, 0.15) is 49.4 Å². The Bertz CT molecular complexity index is 1690. The monoisotopic (exact) mass is 600 g/mol. The van der Waals surface area contributed by atoms with Crippen LogP contribution in [0, 0.1) is 0 Å². The van der Waals surface area contributed by atoms with Gasteiger partial charge in [-0.1, -0.05) is 101 Å². The molecule has 10 heteroatoms. The second-order valence-electron chi connectivity index (χ2n) is 9.82. The first-order valence-electron chi connectivity index (χ1n) is 13.0. The number of hydroxylamine groups is 2. The van der Waals surface area contributed by atoms with Gasteiger partial charge in [0.1, 0.15) is 6.61 Å². The molecule has 210 valence electrons. The number of hydrogen-bond donors (Lipinski definition) is 0. The number of benzene rings is 4. The summed E-state index contributed by atoms with van der Waals surface area (Å²) in [7, 11) is 1.34. The number of carbonyl (C=O) groups is 4. The number of rotatable bonds is 6. The lowest BCUT2D eigenvalue weighted by Crippen LogP contribution is -2.42. The fourth-order valence-corrected chi connectivity index (χ4v) is 5.83. The molecule has 1 atom stereocenters. The van der Waals surface area contributed by atoms with Gasteiger partial charge in [0, 0.05) is 18.5 Å². The van der Waals surface area contributed by atoms with Gasteiger partial charge in [-0.05, 0) is 40.5 Å². The largest absolute Gasteiger partial charge is 0.448 e. The van der Waals surface area contributed by atoms with E-state index >= 15 is 0 Å². The van der Waals surface area contributed by atoms with E-state index in [2.05, 4.69) is 0 Å². The highest BCUT2D eigenvalue weighted by molar-refractivity contribution is 6.42. The molecule has 8 nitrogen and oxygen atoms in total. The van der Waals surface area contributed by atoms with Crippen molar-refractivity contribution in [3.05, 3.63) is 129 Å². The third-order valence-electron chi connectivity index (χ3n) is 7.45. The zero-order valence-corrected chi connectivity index (χ0v) is 23.6. The van der Waals surface area contributed by atoms with E-state index in [-0.39, 0.29) is 39.3 Å². The van der Waals surface area contributed by atoms with Gasteiger partial charge in [0.15, 0.2) is 6.04 Å². The third-order valence-corrected chi connectivity index (χ3v) is 8.28. The SMILES string of the molecule is CN(C(=O)OCC1c2ccccc2-c2ccccc21)C(C(=O)ON1C(=O)c2ccccc2C1=O)c1cccc(Cl)c1Cl. The Hall–Kier alpha value is -4.66. The normalized spacial score (nSPS) is 14.2. The maximum absolute atomic E-state index is 13.6. The Morgan fingerprint density at radius 1 is 0.786 bits per heavy atom. The lowest BCUT2D eigenvalue weighted by molar-refractivity contribution is -0.174. The minimum absolute atomic E-state index is 0.000647. The molecule has 1 unspecified atom stereocenters. The van der Waals surface area contributed by atoms with Gasteiger partial charge < -0.3 is 9.57 Å². The van der Waals surface area contributed by atoms with Crippen molar-refractivity contribution in [3.63, 3.8) is 0 Å². The molecule has 0 spiro atoms. The lowest BCUT2D eigenvalue weighted by atomic mass is 9.98. The summed E-state index contributed by atoms with van der Waals surface area (Å²) >= 11 is 12.7. The summed E-state index contributed by atoms with van der Waals surface area (Å²) in [5.74, 6) is -2.93. The van der Waals surface area contributed by atoms with Gasteiger partial charge >= 0.3 is 12.1 Å². The molecule has 0 saturated heterocycles. The Labute approximate surface area is 250 Å². The highest BCUT2D eigenvalue weighted by Gasteiger charge is 2.42. The fourth-order valence-electron chi connectivity index (χ4n) is 5.42. The van der Waals surface area contributed by atoms with Crippen molar-refractivity contribution in [2.24, 2.45) is 0 Å². The van der Waals surface area contributed by atoms with E-state index in [1.807, 2.05) is 48.5 Å². The van der Waals surface area contributed by atoms with Crippen molar-refractivity contribution in [2.45, 2.75) is 12.0 Å². The first-order chi connectivity index (χ1) is 20.3. The molecule has 3 amide bonds. The van der Waals surface area contributed by atoms with Gasteiger partial charge in [-0.3, -0.25) is 14.5 Å². The summed E-state index contributed by atoms with van der Waals surface area (Å²) in [6, 6.07) is 25.0. The third kappa shape index (κ3) is 4.58. The summed E-state index contributed by atoms with van der Waals surface area (Å²) in [5, 5.41) is 0.514. The summed E-state index contributed by atoms with van der Waals surface area (Å²) in [5.41, 5.74) is 4.49. The zero-order valence-electron chi connectivity index (χ0n) is 22.1. The number of carbonyl (C=O) groups excluding carboxylic acids is 4. The van der Waals surface area contributed by atoms with E-state index in [1.165, 1.54) is 31.3 Å². The molecule has 0 aromatic heterocycles. The maximum atomic E-state index is 13.6. The molecule has 1 aliphatic heterocycles. The van der Waals surface area contributed by atoms with Gasteiger partial charge in [0.2, 0.25) is 0 Å². The van der Waals surface area contributed by atoms with Crippen LogP contribution in [0.3, 0.4) is 0 Å². The first-order valence-corrected chi connectivity index (χ1v) is 13.7. The molecule has 42 heavy (non-hydrogen) atoms. The van der Waals surface area contributed by atoms with Gasteiger partial charge in [0.25, 0.3) is 11.8 Å². The highest BCUT2D eigenvalue weighted by Crippen LogP contribution is 2.44. The Balaban J connectivity index is 1.26. The standard InChI is InChI=1S/C32H22Cl2N2O6/c1-35(32(40)41-17-25-20-11-4-2-9-18(20)19-10-3-5-12-21(19)25)28(24-15-8-16-26(33)27(24)34)31(39)42-36-29(37)22-13-6-7-14-23(22)30(36)38/h2-16,25,28H,17H2,1H3. The predicted molar refractivity (Wildman–Crippen MR) is 155 cm³/mol. The van der Waals surface area contributed by atoms with Crippen molar-refractivity contribution in [3.8, 4) is 11.1 Å². The van der Waals surface area contributed by atoms with Gasteiger partial charge in [0.05, 0.1) is 21.2 Å². The number of hydrogen-bond acceptors (Lipinski definition) is 6. The van der Waals surface area contributed by atoms with Gasteiger partial charge in [-0.15, -0.1) is 0 Å². The Morgan fingerprint density at radius 3 is 1.88 bits per heavy atom. The van der Waals surface area contributed by atoms with Crippen LogP contribution < -0.4 is 0 Å². The number of imide groups is 1. The van der Waals surface area contributed by atoms with Crippen LogP contribution in [0.15, 0.2) is 91.0 Å². The molecule has 1 heterocycles. The summed E-state index contributed by atoms with van der Waals surface area (Å²) < 4.78 is 5.74. The number of nitrogens with zero attached hydrogens (tertiary/aromatic N) is 2. The van der Waals surface area contributed by atoms with Crippen LogP contribution in [0.5, 0.6) is 0 Å². The second-order valence-corrected chi connectivity index (χ2v) is 10.6. The van der Waals surface area contributed by atoms with E-state index in [0.717, 1.165) is 27.2 Å². The van der Waals surface area contributed by atoms with Crippen molar-refractivity contribution in [1.82, 2.24) is 9.96 Å². The van der Waals surface area contributed by atoms with Crippen LogP contribution in [0.25, 0.3) is 11.1 Å². The summed E-state index contributed by atoms with van der Waals surface area (Å²) in [6.45, 7) is 0.000647. The maximum Gasteiger partial charge on any atom is 0.410 e. The molecule has 0 saturated carbocycles. The van der Waals surface area contributed by atoms with E-state index in [4.69, 9.17) is 32.8 Å². The quantitative estimate of drug-likeness (QED) is 0.229. The molecule has 0 N–H and O–H groups in total. The Kier molecular flexibility index (Phi) is 7.18. The van der Waals surface area contributed by atoms with E-state index in [9.17, 15) is 19.2 Å². The minimum Gasteiger partial charge on any atom is -0.448 e. The van der Waals surface area contributed by atoms with Crippen molar-refractivity contribution < 1.29 is 28.8 Å². The van der Waals surface area contributed by atoms with Crippen LogP contribution in [-0.4, -0.2) is 47.5 Å². The molecular formula is C32H22Cl2N2O6. The predicted octanol–water partition coefficient (Wildman–Crippen LogP) is 6.67. The number of fused-ring (bicyclic) bond motifs is 4. The molecule has 1 aliphatic carbocycles. The Morgan fingerprint density at radius 2 is 1.31 bits per heavy atom. The van der Waals surface area contributed by atoms with Gasteiger partial charge in [-0.25, -0.2) is 9.59 Å². The molecule has 0 radical (unpaired) electrons. The first kappa shape index (κ1) is 27.5. The molecule has 4 aromatic carbocycles. The molecule has 0 fully saturated rings. The van der Waals surface area contributed by atoms with E-state index < -0.39 is 29.9 Å². The van der Waals surface area contributed by atoms with Crippen molar-refractivity contribution in [1.29, 1.82) is 0 Å². The zero-order chi connectivity index (χ0) is 29.5. The van der Waals surface area contributed by atoms with Crippen LogP contribution in [0.2, 0.25) is 10.0 Å². The van der Waals surface area contributed by atoms with Crippen molar-refractivity contribution >= 4 is 47.1 Å². The smallest absolute Gasteiger partial charge is 0.410 e. The summed E-state index contributed by atoms with van der Waals surface area (Å²) in [4.78, 5) is 59.1. The average molecular weight is 601 g/mol. The topological polar surface area (TPSA) is 93.2 Å². The molecule has 2 aliphatic rings. The number of ether oxygens (including phenoxy) is 1. The van der Waals surface area contributed by atoms with Crippen molar-refractivity contribution in [2.75, 3.05) is 13.7 Å². The van der Waals surface area contributed by atoms with E-state index in [0.29, 0.717) is 5.06 Å². The molecule has 4 aromatic rings. The minimum atomic E-state index is -1.50. The lowest BCUT2D eigenvalue weighted by Gasteiger charge is -2.28. The fraction of sp³-hybridized carbons (Fsp3) is 0.125. The van der Waals surface area contributed by atoms with Gasteiger partial charge in [-0.2, -0.15) is 0 Å².